The maximum atomic E-state index is 11.9. The predicted octanol–water partition coefficient (Wildman–Crippen LogP) is 0.0133. The van der Waals surface area contributed by atoms with E-state index in [2.05, 4.69) is 14.9 Å². The second-order valence-electron chi connectivity index (χ2n) is 3.93. The largest absolute Gasteiger partial charge is 0.396 e. The molecule has 0 fully saturated rings. The van der Waals surface area contributed by atoms with E-state index in [1.54, 1.807) is 20.8 Å². The summed E-state index contributed by atoms with van der Waals surface area (Å²) in [5.41, 5.74) is 0.497. The lowest BCUT2D eigenvalue weighted by Crippen LogP contribution is -2.38. The average Bonchev–Trinajstić information content (AvgIpc) is 2.63. The van der Waals surface area contributed by atoms with Crippen LogP contribution in [0.1, 0.15) is 19.5 Å². The van der Waals surface area contributed by atoms with Crippen molar-refractivity contribution in [2.24, 2.45) is 5.92 Å². The Morgan fingerprint density at radius 2 is 2.19 bits per heavy atom. The van der Waals surface area contributed by atoms with E-state index in [4.69, 9.17) is 5.11 Å². The van der Waals surface area contributed by atoms with Gasteiger partial charge in [0.15, 0.2) is 0 Å². The molecule has 1 heterocycles. The first-order valence-corrected chi connectivity index (χ1v) is 6.50. The van der Waals surface area contributed by atoms with Crippen LogP contribution >= 0.6 is 0 Å². The van der Waals surface area contributed by atoms with Crippen LogP contribution in [0.3, 0.4) is 0 Å². The molecular weight excluding hydrogens is 230 g/mol. The Bertz CT molecular complexity index is 441. The van der Waals surface area contributed by atoms with E-state index in [9.17, 15) is 8.42 Å². The molecule has 0 spiro atoms. The molecule has 7 heteroatoms. The van der Waals surface area contributed by atoms with Gasteiger partial charge in [0.05, 0.1) is 11.9 Å². The summed E-state index contributed by atoms with van der Waals surface area (Å²) in [6.07, 6.45) is 1.27. The Morgan fingerprint density at radius 1 is 1.56 bits per heavy atom. The third-order valence-electron chi connectivity index (χ3n) is 2.56. The molecule has 6 nitrogen and oxygen atoms in total. The lowest BCUT2D eigenvalue weighted by atomic mass is 10.1. The summed E-state index contributed by atoms with van der Waals surface area (Å²) in [6.45, 7) is 5.07. The number of aryl methyl sites for hydroxylation is 1. The first-order chi connectivity index (χ1) is 7.38. The molecule has 0 bridgehead atoms. The molecule has 2 atom stereocenters. The quantitative estimate of drug-likeness (QED) is 0.683. The zero-order chi connectivity index (χ0) is 12.3. The van der Waals surface area contributed by atoms with Gasteiger partial charge < -0.3 is 5.11 Å². The third-order valence-corrected chi connectivity index (χ3v) is 4.23. The number of rotatable bonds is 5. The van der Waals surface area contributed by atoms with Crippen LogP contribution in [-0.4, -0.2) is 36.4 Å². The van der Waals surface area contributed by atoms with Crippen LogP contribution in [0, 0.1) is 12.8 Å². The van der Waals surface area contributed by atoms with E-state index in [0.29, 0.717) is 5.69 Å². The highest BCUT2D eigenvalue weighted by Gasteiger charge is 2.23. The van der Waals surface area contributed by atoms with E-state index in [1.165, 1.54) is 6.20 Å². The molecule has 0 saturated heterocycles. The Morgan fingerprint density at radius 3 is 2.62 bits per heavy atom. The third kappa shape index (κ3) is 2.81. The van der Waals surface area contributed by atoms with E-state index in [1.807, 2.05) is 0 Å². The van der Waals surface area contributed by atoms with Crippen LogP contribution in [0.4, 0.5) is 0 Å². The first-order valence-electron chi connectivity index (χ1n) is 5.01. The van der Waals surface area contributed by atoms with E-state index >= 15 is 0 Å². The van der Waals surface area contributed by atoms with Gasteiger partial charge in [-0.2, -0.15) is 5.10 Å². The Hall–Kier alpha value is -0.920. The van der Waals surface area contributed by atoms with Crippen LogP contribution in [0.15, 0.2) is 11.1 Å². The fourth-order valence-electron chi connectivity index (χ4n) is 1.19. The maximum absolute atomic E-state index is 11.9. The van der Waals surface area contributed by atoms with Gasteiger partial charge in [-0.3, -0.25) is 5.10 Å². The number of sulfonamides is 1. The van der Waals surface area contributed by atoms with Crippen LogP contribution in [0.2, 0.25) is 0 Å². The molecule has 3 N–H and O–H groups in total. The van der Waals surface area contributed by atoms with Gasteiger partial charge in [0, 0.05) is 12.6 Å². The topological polar surface area (TPSA) is 95.1 Å². The molecule has 1 rings (SSSR count). The predicted molar refractivity (Wildman–Crippen MR) is 59.4 cm³/mol. The summed E-state index contributed by atoms with van der Waals surface area (Å²) in [5.74, 6) is -0.137. The summed E-state index contributed by atoms with van der Waals surface area (Å²) in [6, 6.07) is -0.329. The minimum atomic E-state index is -3.56. The Balaban J connectivity index is 2.85. The van der Waals surface area contributed by atoms with Crippen LogP contribution < -0.4 is 4.72 Å². The second kappa shape index (κ2) is 4.94. The van der Waals surface area contributed by atoms with Gasteiger partial charge in [-0.15, -0.1) is 0 Å². The molecule has 92 valence electrons. The summed E-state index contributed by atoms with van der Waals surface area (Å²) in [7, 11) is -3.56. The van der Waals surface area contributed by atoms with Crippen LogP contribution in [0.5, 0.6) is 0 Å². The summed E-state index contributed by atoms with van der Waals surface area (Å²) < 4.78 is 26.3. The smallest absolute Gasteiger partial charge is 0.244 e. The molecule has 0 aliphatic carbocycles. The molecule has 0 aliphatic rings. The zero-order valence-electron chi connectivity index (χ0n) is 9.56. The van der Waals surface area contributed by atoms with Gasteiger partial charge in [0.1, 0.15) is 4.90 Å². The molecular formula is C9H17N3O3S. The average molecular weight is 247 g/mol. The SMILES string of the molecule is Cc1[nH]ncc1S(=O)(=O)NC(C)C(C)CO. The fraction of sp³-hybridized carbons (Fsp3) is 0.667. The standard InChI is InChI=1S/C9H17N3O3S/c1-6(5-13)7(2)12-16(14,15)9-4-10-11-8(9)3/h4,6-7,12-13H,5H2,1-3H3,(H,10,11). The molecule has 0 amide bonds. The lowest BCUT2D eigenvalue weighted by Gasteiger charge is -2.18. The van der Waals surface area contributed by atoms with Gasteiger partial charge in [-0.05, 0) is 19.8 Å². The number of aliphatic hydroxyl groups excluding tert-OH is 1. The molecule has 0 radical (unpaired) electrons. The van der Waals surface area contributed by atoms with Crippen LogP contribution in [0.25, 0.3) is 0 Å². The lowest BCUT2D eigenvalue weighted by molar-refractivity contribution is 0.216. The van der Waals surface area contributed by atoms with Crippen molar-refractivity contribution < 1.29 is 13.5 Å². The summed E-state index contributed by atoms with van der Waals surface area (Å²) >= 11 is 0. The first kappa shape index (κ1) is 13.1. The second-order valence-corrected chi connectivity index (χ2v) is 5.61. The summed E-state index contributed by atoms with van der Waals surface area (Å²) in [5, 5.41) is 15.2. The van der Waals surface area contributed by atoms with Crippen molar-refractivity contribution in [1.82, 2.24) is 14.9 Å². The van der Waals surface area contributed by atoms with E-state index in [0.717, 1.165) is 0 Å². The van der Waals surface area contributed by atoms with Crippen molar-refractivity contribution >= 4 is 10.0 Å². The highest BCUT2D eigenvalue weighted by atomic mass is 32.2. The number of aliphatic hydroxyl groups is 1. The molecule has 0 aliphatic heterocycles. The number of aromatic nitrogens is 2. The number of nitrogens with one attached hydrogen (secondary N) is 2. The molecule has 1 aromatic heterocycles. The number of H-pyrrole nitrogens is 1. The highest BCUT2D eigenvalue weighted by Crippen LogP contribution is 2.13. The minimum absolute atomic E-state index is 0.0615. The molecule has 0 aromatic carbocycles. The van der Waals surface area contributed by atoms with Crippen molar-refractivity contribution in [3.8, 4) is 0 Å². The molecule has 16 heavy (non-hydrogen) atoms. The van der Waals surface area contributed by atoms with E-state index in [-0.39, 0.29) is 23.5 Å². The number of aromatic amines is 1. The minimum Gasteiger partial charge on any atom is -0.396 e. The normalized spacial score (nSPS) is 16.0. The van der Waals surface area contributed by atoms with Crippen LogP contribution in [-0.2, 0) is 10.0 Å². The summed E-state index contributed by atoms with van der Waals surface area (Å²) in [4.78, 5) is 0.143. The van der Waals surface area contributed by atoms with Gasteiger partial charge >= 0.3 is 0 Å². The number of nitrogens with zero attached hydrogens (tertiary/aromatic N) is 1. The monoisotopic (exact) mass is 247 g/mol. The van der Waals surface area contributed by atoms with Gasteiger partial charge in [-0.1, -0.05) is 6.92 Å². The van der Waals surface area contributed by atoms with Gasteiger partial charge in [0.25, 0.3) is 0 Å². The maximum Gasteiger partial charge on any atom is 0.244 e. The van der Waals surface area contributed by atoms with Gasteiger partial charge in [-0.25, -0.2) is 13.1 Å². The van der Waals surface area contributed by atoms with Crippen molar-refractivity contribution in [2.75, 3.05) is 6.61 Å². The Labute approximate surface area is 95.1 Å². The van der Waals surface area contributed by atoms with Crippen molar-refractivity contribution in [2.45, 2.75) is 31.7 Å². The highest BCUT2D eigenvalue weighted by molar-refractivity contribution is 7.89. The number of hydrogen-bond donors (Lipinski definition) is 3. The van der Waals surface area contributed by atoms with Crippen molar-refractivity contribution in [3.63, 3.8) is 0 Å². The Kier molecular flexibility index (Phi) is 4.06. The molecule has 1 aromatic rings. The molecule has 0 saturated carbocycles. The van der Waals surface area contributed by atoms with Crippen molar-refractivity contribution in [3.05, 3.63) is 11.9 Å². The molecule has 2 unspecified atom stereocenters. The fourth-order valence-corrected chi connectivity index (χ4v) is 2.68. The van der Waals surface area contributed by atoms with Gasteiger partial charge in [0.2, 0.25) is 10.0 Å². The van der Waals surface area contributed by atoms with Crippen molar-refractivity contribution in [1.29, 1.82) is 0 Å². The number of hydrogen-bond acceptors (Lipinski definition) is 4. The zero-order valence-corrected chi connectivity index (χ0v) is 10.4. The van der Waals surface area contributed by atoms with E-state index < -0.39 is 10.0 Å².